The number of hydrogen-bond donors (Lipinski definition) is 1. The van der Waals surface area contributed by atoms with Crippen molar-refractivity contribution < 1.29 is 0 Å². The predicted octanol–water partition coefficient (Wildman–Crippen LogP) is 3.32. The Bertz CT molecular complexity index is 402. The van der Waals surface area contributed by atoms with Crippen molar-refractivity contribution in [2.45, 2.75) is 32.1 Å². The highest BCUT2D eigenvalue weighted by Gasteiger charge is 2.24. The summed E-state index contributed by atoms with van der Waals surface area (Å²) in [4.78, 5) is 2.68. The van der Waals surface area contributed by atoms with E-state index in [2.05, 4.69) is 41.4 Å². The highest BCUT2D eigenvalue weighted by atomic mass is 15.1. The number of rotatable bonds is 2. The maximum Gasteiger partial charge on any atom is 0.0376 e. The van der Waals surface area contributed by atoms with E-state index < -0.39 is 0 Å². The van der Waals surface area contributed by atoms with Gasteiger partial charge < -0.3 is 10.2 Å². The van der Waals surface area contributed by atoms with Gasteiger partial charge in [-0.25, -0.2) is 0 Å². The van der Waals surface area contributed by atoms with Crippen LogP contribution < -0.4 is 5.32 Å². The molecule has 0 spiro atoms. The molecule has 2 unspecified atom stereocenters. The Morgan fingerprint density at radius 3 is 3.06 bits per heavy atom. The monoisotopic (exact) mass is 244 g/mol. The van der Waals surface area contributed by atoms with Gasteiger partial charge in [0.15, 0.2) is 0 Å². The van der Waals surface area contributed by atoms with Crippen LogP contribution in [-0.2, 0) is 0 Å². The molecule has 0 saturated carbocycles. The molecule has 2 heteroatoms. The van der Waals surface area contributed by atoms with E-state index in [0.29, 0.717) is 0 Å². The van der Waals surface area contributed by atoms with Crippen molar-refractivity contribution in [1.29, 1.82) is 0 Å². The fourth-order valence-corrected chi connectivity index (χ4v) is 3.50. The number of nitrogens with one attached hydrogen (secondary N) is 1. The number of fused-ring (bicyclic) bond motifs is 1. The number of piperidine rings is 1. The molecule has 1 aromatic rings. The fourth-order valence-electron chi connectivity index (χ4n) is 3.50. The van der Waals surface area contributed by atoms with Crippen LogP contribution in [0.1, 0.15) is 37.7 Å². The SMILES string of the molecule is CC1CCCN(CC2CCNc3ccccc32)C1. The number of nitrogens with zero attached hydrogens (tertiary/aromatic N) is 1. The van der Waals surface area contributed by atoms with Gasteiger partial charge in [0.2, 0.25) is 0 Å². The minimum absolute atomic E-state index is 0.729. The van der Waals surface area contributed by atoms with Crippen LogP contribution in [0.3, 0.4) is 0 Å². The Labute approximate surface area is 110 Å². The highest BCUT2D eigenvalue weighted by molar-refractivity contribution is 5.54. The van der Waals surface area contributed by atoms with Crippen LogP contribution in [0.15, 0.2) is 24.3 Å². The van der Waals surface area contributed by atoms with E-state index in [0.717, 1.165) is 18.4 Å². The van der Waals surface area contributed by atoms with Crippen LogP contribution in [0.25, 0.3) is 0 Å². The molecule has 2 heterocycles. The lowest BCUT2D eigenvalue weighted by molar-refractivity contribution is 0.172. The molecule has 2 aliphatic heterocycles. The van der Waals surface area contributed by atoms with Crippen LogP contribution in [0.5, 0.6) is 0 Å². The van der Waals surface area contributed by atoms with Crippen LogP contribution in [-0.4, -0.2) is 31.1 Å². The molecule has 1 aromatic carbocycles. The number of para-hydroxylation sites is 1. The first-order valence-electron chi connectivity index (χ1n) is 7.38. The Kier molecular flexibility index (Phi) is 3.55. The standard InChI is InChI=1S/C16H24N2/c1-13-5-4-10-18(11-13)12-14-8-9-17-16-7-3-2-6-15(14)16/h2-3,6-7,13-14,17H,4-5,8-12H2,1H3. The maximum absolute atomic E-state index is 3.52. The first kappa shape index (κ1) is 12.0. The molecule has 18 heavy (non-hydrogen) atoms. The van der Waals surface area contributed by atoms with Crippen molar-refractivity contribution in [3.05, 3.63) is 29.8 Å². The molecule has 98 valence electrons. The second-order valence-electron chi connectivity index (χ2n) is 6.01. The Hall–Kier alpha value is -1.02. The number of hydrogen-bond acceptors (Lipinski definition) is 2. The summed E-state index contributed by atoms with van der Waals surface area (Å²) in [7, 11) is 0. The molecule has 0 radical (unpaired) electrons. The Morgan fingerprint density at radius 2 is 2.17 bits per heavy atom. The first-order valence-corrected chi connectivity index (χ1v) is 7.38. The third-order valence-corrected chi connectivity index (χ3v) is 4.43. The van der Waals surface area contributed by atoms with E-state index >= 15 is 0 Å². The van der Waals surface area contributed by atoms with Crippen molar-refractivity contribution in [2.75, 3.05) is 31.5 Å². The van der Waals surface area contributed by atoms with Gasteiger partial charge in [-0.05, 0) is 43.4 Å². The number of likely N-dealkylation sites (tertiary alicyclic amines) is 1. The van der Waals surface area contributed by atoms with Crippen molar-refractivity contribution >= 4 is 5.69 Å². The molecule has 0 bridgehead atoms. The lowest BCUT2D eigenvalue weighted by atomic mass is 9.89. The Morgan fingerprint density at radius 1 is 1.28 bits per heavy atom. The second-order valence-corrected chi connectivity index (χ2v) is 6.01. The topological polar surface area (TPSA) is 15.3 Å². The zero-order valence-corrected chi connectivity index (χ0v) is 11.4. The van der Waals surface area contributed by atoms with Gasteiger partial charge in [0.1, 0.15) is 0 Å². The lowest BCUT2D eigenvalue weighted by Gasteiger charge is -2.36. The summed E-state index contributed by atoms with van der Waals surface area (Å²) in [6.07, 6.45) is 4.08. The normalized spacial score (nSPS) is 28.5. The van der Waals surface area contributed by atoms with Crippen LogP contribution >= 0.6 is 0 Å². The molecule has 0 aliphatic carbocycles. The van der Waals surface area contributed by atoms with Crippen molar-refractivity contribution in [3.63, 3.8) is 0 Å². The van der Waals surface area contributed by atoms with Crippen molar-refractivity contribution in [3.8, 4) is 0 Å². The van der Waals surface area contributed by atoms with Gasteiger partial charge >= 0.3 is 0 Å². The average Bonchev–Trinajstić information content (AvgIpc) is 2.39. The van der Waals surface area contributed by atoms with E-state index in [9.17, 15) is 0 Å². The third-order valence-electron chi connectivity index (χ3n) is 4.43. The van der Waals surface area contributed by atoms with Crippen LogP contribution in [0.4, 0.5) is 5.69 Å². The minimum Gasteiger partial charge on any atom is -0.385 e. The molecule has 3 rings (SSSR count). The lowest BCUT2D eigenvalue weighted by Crippen LogP contribution is -2.38. The van der Waals surface area contributed by atoms with E-state index in [-0.39, 0.29) is 0 Å². The molecule has 2 nitrogen and oxygen atoms in total. The van der Waals surface area contributed by atoms with Gasteiger partial charge in [-0.1, -0.05) is 25.1 Å². The molecular formula is C16H24N2. The van der Waals surface area contributed by atoms with Gasteiger partial charge in [0.25, 0.3) is 0 Å². The van der Waals surface area contributed by atoms with Gasteiger partial charge in [-0.2, -0.15) is 0 Å². The third kappa shape index (κ3) is 2.54. The van der Waals surface area contributed by atoms with E-state index in [1.807, 2.05) is 0 Å². The summed E-state index contributed by atoms with van der Waals surface area (Å²) >= 11 is 0. The summed E-state index contributed by atoms with van der Waals surface area (Å²) in [6.45, 7) is 7.37. The largest absolute Gasteiger partial charge is 0.385 e. The average molecular weight is 244 g/mol. The smallest absolute Gasteiger partial charge is 0.0376 e. The molecule has 0 aromatic heterocycles. The van der Waals surface area contributed by atoms with Crippen LogP contribution in [0.2, 0.25) is 0 Å². The number of anilines is 1. The molecule has 1 N–H and O–H groups in total. The van der Waals surface area contributed by atoms with Crippen LogP contribution in [0, 0.1) is 5.92 Å². The van der Waals surface area contributed by atoms with Crippen molar-refractivity contribution in [2.24, 2.45) is 5.92 Å². The second kappa shape index (κ2) is 5.31. The zero-order valence-electron chi connectivity index (χ0n) is 11.4. The highest BCUT2D eigenvalue weighted by Crippen LogP contribution is 2.32. The molecular weight excluding hydrogens is 220 g/mol. The van der Waals surface area contributed by atoms with Crippen molar-refractivity contribution in [1.82, 2.24) is 4.90 Å². The summed E-state index contributed by atoms with van der Waals surface area (Å²) in [5.41, 5.74) is 2.89. The summed E-state index contributed by atoms with van der Waals surface area (Å²) in [6, 6.07) is 8.84. The zero-order chi connectivity index (χ0) is 12.4. The summed E-state index contributed by atoms with van der Waals surface area (Å²) < 4.78 is 0. The predicted molar refractivity (Wildman–Crippen MR) is 77.1 cm³/mol. The summed E-state index contributed by atoms with van der Waals surface area (Å²) in [5.74, 6) is 1.61. The fraction of sp³-hybridized carbons (Fsp3) is 0.625. The van der Waals surface area contributed by atoms with Gasteiger partial charge in [-0.3, -0.25) is 0 Å². The summed E-state index contributed by atoms with van der Waals surface area (Å²) in [5, 5.41) is 3.52. The minimum atomic E-state index is 0.729. The quantitative estimate of drug-likeness (QED) is 0.858. The van der Waals surface area contributed by atoms with E-state index in [4.69, 9.17) is 0 Å². The molecule has 2 aliphatic rings. The van der Waals surface area contributed by atoms with E-state index in [1.165, 1.54) is 50.1 Å². The first-order chi connectivity index (χ1) is 8.83. The maximum atomic E-state index is 3.52. The molecule has 1 saturated heterocycles. The van der Waals surface area contributed by atoms with Gasteiger partial charge in [0, 0.05) is 31.2 Å². The molecule has 2 atom stereocenters. The van der Waals surface area contributed by atoms with Gasteiger partial charge in [0.05, 0.1) is 0 Å². The number of benzene rings is 1. The van der Waals surface area contributed by atoms with Gasteiger partial charge in [-0.15, -0.1) is 0 Å². The van der Waals surface area contributed by atoms with E-state index in [1.54, 1.807) is 0 Å². The molecule has 0 amide bonds. The molecule has 1 fully saturated rings. The Balaban J connectivity index is 1.70.